The van der Waals surface area contributed by atoms with Crippen molar-refractivity contribution in [2.24, 2.45) is 12.9 Å². The van der Waals surface area contributed by atoms with Crippen molar-refractivity contribution in [3.8, 4) is 0 Å². The van der Waals surface area contributed by atoms with Gasteiger partial charge in [0.25, 0.3) is 0 Å². The predicted molar refractivity (Wildman–Crippen MR) is 80.2 cm³/mol. The zero-order valence-corrected chi connectivity index (χ0v) is 12.9. The van der Waals surface area contributed by atoms with Gasteiger partial charge in [-0.2, -0.15) is 5.10 Å². The quantitative estimate of drug-likeness (QED) is 0.451. The largest absolute Gasteiger partial charge is 0.398 e. The van der Waals surface area contributed by atoms with Crippen molar-refractivity contribution in [2.45, 2.75) is 19.4 Å². The molecule has 5 nitrogen and oxygen atoms in total. The number of aryl methyl sites for hydroxylation is 2. The highest BCUT2D eigenvalue weighted by Crippen LogP contribution is 2.28. The highest BCUT2D eigenvalue weighted by Gasteiger charge is 2.19. The molecular weight excluding hydrogens is 325 g/mol. The molecule has 108 valence electrons. The molecule has 0 bridgehead atoms. The summed E-state index contributed by atoms with van der Waals surface area (Å²) in [5, 5.41) is 4.33. The first kappa shape index (κ1) is 15.0. The topological polar surface area (TPSA) is 81.9 Å². The maximum atomic E-state index is 13.4. The van der Waals surface area contributed by atoms with E-state index in [2.05, 4.69) is 26.5 Å². The second-order valence-corrected chi connectivity index (χ2v) is 5.46. The van der Waals surface area contributed by atoms with Crippen LogP contribution in [-0.4, -0.2) is 9.78 Å². The maximum Gasteiger partial charge on any atom is 0.123 e. The minimum atomic E-state index is -0.338. The number of nitrogens with two attached hydrogens (primary N) is 2. The molecule has 1 atom stereocenters. The van der Waals surface area contributed by atoms with E-state index < -0.39 is 0 Å². The summed E-state index contributed by atoms with van der Waals surface area (Å²) in [6.07, 6.45) is 0.544. The molecular formula is C13H17BrFN5. The number of nitrogens with zero attached hydrogens (tertiary/aromatic N) is 2. The van der Waals surface area contributed by atoms with E-state index in [0.717, 1.165) is 15.9 Å². The van der Waals surface area contributed by atoms with Crippen molar-refractivity contribution in [1.29, 1.82) is 0 Å². The van der Waals surface area contributed by atoms with Crippen LogP contribution in [0.15, 0.2) is 22.7 Å². The van der Waals surface area contributed by atoms with Gasteiger partial charge in [0.05, 0.1) is 21.9 Å². The lowest BCUT2D eigenvalue weighted by Crippen LogP contribution is -2.31. The van der Waals surface area contributed by atoms with Crippen LogP contribution in [0.4, 0.5) is 10.1 Å². The van der Waals surface area contributed by atoms with E-state index in [0.29, 0.717) is 17.7 Å². The molecule has 0 aliphatic heterocycles. The van der Waals surface area contributed by atoms with Crippen LogP contribution in [0.3, 0.4) is 0 Å². The molecule has 0 amide bonds. The highest BCUT2D eigenvalue weighted by molar-refractivity contribution is 9.10. The molecule has 1 aromatic heterocycles. The summed E-state index contributed by atoms with van der Waals surface area (Å²) >= 11 is 3.51. The van der Waals surface area contributed by atoms with E-state index in [9.17, 15) is 4.39 Å². The predicted octanol–water partition coefficient (Wildman–Crippen LogP) is 1.96. The van der Waals surface area contributed by atoms with Crippen molar-refractivity contribution < 1.29 is 4.39 Å². The Balaban J connectivity index is 2.36. The second kappa shape index (κ2) is 5.90. The molecule has 0 fully saturated rings. The second-order valence-electron chi connectivity index (χ2n) is 4.67. The molecule has 0 aliphatic carbocycles. The first-order valence-corrected chi connectivity index (χ1v) is 6.92. The first-order valence-electron chi connectivity index (χ1n) is 6.13. The highest BCUT2D eigenvalue weighted by atomic mass is 79.9. The van der Waals surface area contributed by atoms with Crippen molar-refractivity contribution in [2.75, 3.05) is 5.73 Å². The molecule has 0 saturated heterocycles. The number of hydrazine groups is 1. The molecule has 0 aliphatic rings. The lowest BCUT2D eigenvalue weighted by Gasteiger charge is -2.18. The third kappa shape index (κ3) is 2.84. The summed E-state index contributed by atoms with van der Waals surface area (Å²) in [7, 11) is 1.86. The minimum Gasteiger partial charge on any atom is -0.398 e. The fraction of sp³-hybridized carbons (Fsp3) is 0.308. The zero-order chi connectivity index (χ0) is 14.9. The lowest BCUT2D eigenvalue weighted by atomic mass is 10.0. The first-order chi connectivity index (χ1) is 9.43. The summed E-state index contributed by atoms with van der Waals surface area (Å²) < 4.78 is 16.1. The summed E-state index contributed by atoms with van der Waals surface area (Å²) in [6, 6.07) is 3.98. The van der Waals surface area contributed by atoms with E-state index in [1.807, 2.05) is 14.0 Å². The Morgan fingerprint density at radius 2 is 2.20 bits per heavy atom. The van der Waals surface area contributed by atoms with Crippen molar-refractivity contribution in [1.82, 2.24) is 15.2 Å². The number of halogens is 2. The third-order valence-electron chi connectivity index (χ3n) is 3.28. The summed E-state index contributed by atoms with van der Waals surface area (Å²) in [6.45, 7) is 1.91. The Labute approximate surface area is 125 Å². The van der Waals surface area contributed by atoms with E-state index in [-0.39, 0.29) is 11.9 Å². The average Bonchev–Trinajstić information content (AvgIpc) is 2.65. The smallest absolute Gasteiger partial charge is 0.123 e. The monoisotopic (exact) mass is 341 g/mol. The van der Waals surface area contributed by atoms with Gasteiger partial charge in [0.1, 0.15) is 5.82 Å². The fourth-order valence-electron chi connectivity index (χ4n) is 2.20. The van der Waals surface area contributed by atoms with Gasteiger partial charge in [0.2, 0.25) is 0 Å². The van der Waals surface area contributed by atoms with E-state index in [1.165, 1.54) is 12.1 Å². The van der Waals surface area contributed by atoms with Gasteiger partial charge in [0, 0.05) is 19.2 Å². The number of rotatable bonds is 4. The Morgan fingerprint density at radius 3 is 2.75 bits per heavy atom. The number of hydrogen-bond donors (Lipinski definition) is 3. The SMILES string of the molecule is Cc1nn(C)c(CC(NN)c2cc(F)ccc2N)c1Br. The van der Waals surface area contributed by atoms with Gasteiger partial charge in [-0.1, -0.05) is 0 Å². The Morgan fingerprint density at radius 1 is 1.50 bits per heavy atom. The Kier molecular flexibility index (Phi) is 4.42. The van der Waals surface area contributed by atoms with Gasteiger partial charge in [0.15, 0.2) is 0 Å². The van der Waals surface area contributed by atoms with Crippen LogP contribution in [0.1, 0.15) is 23.0 Å². The fourth-order valence-corrected chi connectivity index (χ4v) is 2.70. The molecule has 7 heteroatoms. The van der Waals surface area contributed by atoms with Gasteiger partial charge in [-0.15, -0.1) is 0 Å². The molecule has 1 heterocycles. The Bertz CT molecular complexity index is 625. The summed E-state index contributed by atoms with van der Waals surface area (Å²) in [4.78, 5) is 0. The number of nitrogen functional groups attached to an aromatic ring is 1. The molecule has 1 unspecified atom stereocenters. The maximum absolute atomic E-state index is 13.4. The summed E-state index contributed by atoms with van der Waals surface area (Å²) in [5.41, 5.74) is 11.6. The number of benzene rings is 1. The molecule has 0 spiro atoms. The normalized spacial score (nSPS) is 12.7. The van der Waals surface area contributed by atoms with Gasteiger partial charge in [-0.05, 0) is 46.6 Å². The van der Waals surface area contributed by atoms with Crippen LogP contribution in [0.25, 0.3) is 0 Å². The van der Waals surface area contributed by atoms with Crippen LogP contribution in [0.2, 0.25) is 0 Å². The number of anilines is 1. The third-order valence-corrected chi connectivity index (χ3v) is 4.32. The van der Waals surface area contributed by atoms with Crippen molar-refractivity contribution in [3.05, 3.63) is 45.4 Å². The molecule has 2 rings (SSSR count). The van der Waals surface area contributed by atoms with Gasteiger partial charge in [-0.3, -0.25) is 16.0 Å². The molecule has 0 radical (unpaired) electrons. The molecule has 1 aromatic carbocycles. The lowest BCUT2D eigenvalue weighted by molar-refractivity contribution is 0.525. The standard InChI is InChI=1S/C13H17BrFN5/c1-7-13(14)12(20(2)19-7)6-11(18-17)9-5-8(15)3-4-10(9)16/h3-5,11,18H,6,16-17H2,1-2H3. The minimum absolute atomic E-state index is 0.295. The van der Waals surface area contributed by atoms with Gasteiger partial charge >= 0.3 is 0 Å². The van der Waals surface area contributed by atoms with Crippen molar-refractivity contribution >= 4 is 21.6 Å². The van der Waals surface area contributed by atoms with E-state index >= 15 is 0 Å². The average molecular weight is 342 g/mol. The number of nitrogens with one attached hydrogen (secondary N) is 1. The van der Waals surface area contributed by atoms with Crippen molar-refractivity contribution in [3.63, 3.8) is 0 Å². The van der Waals surface area contributed by atoms with Gasteiger partial charge < -0.3 is 5.73 Å². The van der Waals surface area contributed by atoms with Gasteiger partial charge in [-0.25, -0.2) is 4.39 Å². The Hall–Kier alpha value is -1.44. The number of hydrogen-bond acceptors (Lipinski definition) is 4. The molecule has 2 aromatic rings. The van der Waals surface area contributed by atoms with Crippen LogP contribution < -0.4 is 17.0 Å². The van der Waals surface area contributed by atoms with E-state index in [4.69, 9.17) is 11.6 Å². The van der Waals surface area contributed by atoms with Crippen LogP contribution in [-0.2, 0) is 13.5 Å². The molecule has 20 heavy (non-hydrogen) atoms. The number of aromatic nitrogens is 2. The summed E-state index contributed by atoms with van der Waals surface area (Å²) in [5.74, 6) is 5.27. The van der Waals surface area contributed by atoms with Crippen LogP contribution in [0.5, 0.6) is 0 Å². The zero-order valence-electron chi connectivity index (χ0n) is 11.3. The van der Waals surface area contributed by atoms with Crippen LogP contribution >= 0.6 is 15.9 Å². The van der Waals surface area contributed by atoms with Crippen LogP contribution in [0, 0.1) is 12.7 Å². The molecule has 0 saturated carbocycles. The molecule has 5 N–H and O–H groups in total. The van der Waals surface area contributed by atoms with E-state index in [1.54, 1.807) is 10.7 Å².